The molecule has 1 aliphatic carbocycles. The molecule has 1 aromatic rings. The maximum absolute atomic E-state index is 11.5. The lowest BCUT2D eigenvalue weighted by atomic mass is 9.90. The lowest BCUT2D eigenvalue weighted by Gasteiger charge is -2.18. The number of aromatic nitrogens is 2. The average Bonchev–Trinajstić information content (AvgIpc) is 3.03. The molecule has 1 unspecified atom stereocenters. The van der Waals surface area contributed by atoms with E-state index in [4.69, 9.17) is 0 Å². The van der Waals surface area contributed by atoms with E-state index in [2.05, 4.69) is 20.8 Å². The molecule has 134 valence electrons. The molecule has 2 amide bonds. The molecule has 7 heteroatoms. The van der Waals surface area contributed by atoms with Crippen LogP contribution in [-0.2, 0) is 9.59 Å². The van der Waals surface area contributed by atoms with Crippen molar-refractivity contribution in [1.82, 2.24) is 20.8 Å². The van der Waals surface area contributed by atoms with E-state index >= 15 is 0 Å². The van der Waals surface area contributed by atoms with Crippen LogP contribution >= 0.6 is 11.3 Å². The summed E-state index contributed by atoms with van der Waals surface area (Å²) in [7, 11) is 0. The molecule has 1 atom stereocenters. The topological polar surface area (TPSA) is 84.0 Å². The van der Waals surface area contributed by atoms with E-state index in [1.54, 1.807) is 11.3 Å². The van der Waals surface area contributed by atoms with Crippen LogP contribution in [0.1, 0.15) is 87.2 Å². The van der Waals surface area contributed by atoms with Gasteiger partial charge in [-0.15, -0.1) is 10.2 Å². The van der Waals surface area contributed by atoms with Crippen molar-refractivity contribution in [2.24, 2.45) is 0 Å². The number of hydrogen-bond donors (Lipinski definition) is 2. The van der Waals surface area contributed by atoms with Gasteiger partial charge in [-0.3, -0.25) is 9.59 Å². The molecule has 0 saturated heterocycles. The first-order valence-electron chi connectivity index (χ1n) is 8.91. The fraction of sp³-hybridized carbons (Fsp3) is 0.765. The molecule has 6 nitrogen and oxygen atoms in total. The van der Waals surface area contributed by atoms with Crippen LogP contribution in [0.2, 0.25) is 0 Å². The van der Waals surface area contributed by atoms with Gasteiger partial charge >= 0.3 is 0 Å². The van der Waals surface area contributed by atoms with E-state index in [-0.39, 0.29) is 17.9 Å². The van der Waals surface area contributed by atoms with E-state index in [9.17, 15) is 9.59 Å². The number of carbonyl (C=O) groups excluding carboxylic acids is 2. The zero-order valence-corrected chi connectivity index (χ0v) is 15.5. The average molecular weight is 353 g/mol. The molecule has 0 radical (unpaired) electrons. The van der Waals surface area contributed by atoms with Crippen LogP contribution in [0, 0.1) is 0 Å². The fourth-order valence-corrected chi connectivity index (χ4v) is 4.24. The monoisotopic (exact) mass is 352 g/mol. The third kappa shape index (κ3) is 6.19. The van der Waals surface area contributed by atoms with Crippen molar-refractivity contribution < 1.29 is 9.59 Å². The van der Waals surface area contributed by atoms with Crippen LogP contribution in [-0.4, -0.2) is 28.6 Å². The van der Waals surface area contributed by atoms with Gasteiger partial charge in [-0.2, -0.15) is 0 Å². The predicted octanol–water partition coefficient (Wildman–Crippen LogP) is 3.07. The minimum absolute atomic E-state index is 0.00495. The van der Waals surface area contributed by atoms with Crippen molar-refractivity contribution in [2.45, 2.75) is 77.2 Å². The van der Waals surface area contributed by atoms with Crippen molar-refractivity contribution in [1.29, 1.82) is 0 Å². The molecule has 1 heterocycles. The first-order chi connectivity index (χ1) is 11.6. The van der Waals surface area contributed by atoms with Gasteiger partial charge in [-0.25, -0.2) is 0 Å². The quantitative estimate of drug-likeness (QED) is 0.704. The van der Waals surface area contributed by atoms with Crippen LogP contribution in [0.4, 0.5) is 0 Å². The Morgan fingerprint density at radius 3 is 2.54 bits per heavy atom. The lowest BCUT2D eigenvalue weighted by Crippen LogP contribution is -2.26. The van der Waals surface area contributed by atoms with E-state index in [1.807, 2.05) is 0 Å². The molecule has 0 bridgehead atoms. The lowest BCUT2D eigenvalue weighted by molar-refractivity contribution is -0.120. The van der Waals surface area contributed by atoms with Gasteiger partial charge in [0.05, 0.1) is 6.04 Å². The zero-order valence-electron chi connectivity index (χ0n) is 14.6. The second-order valence-corrected chi connectivity index (χ2v) is 7.59. The highest BCUT2D eigenvalue weighted by atomic mass is 32.1. The van der Waals surface area contributed by atoms with Crippen molar-refractivity contribution in [3.63, 3.8) is 0 Å². The molecule has 24 heavy (non-hydrogen) atoms. The summed E-state index contributed by atoms with van der Waals surface area (Å²) >= 11 is 1.65. The Hall–Kier alpha value is -1.50. The summed E-state index contributed by atoms with van der Waals surface area (Å²) in [5.74, 6) is 0.494. The van der Waals surface area contributed by atoms with Gasteiger partial charge in [0.15, 0.2) is 0 Å². The molecule has 1 fully saturated rings. The van der Waals surface area contributed by atoms with Gasteiger partial charge in [0.2, 0.25) is 11.8 Å². The highest BCUT2D eigenvalue weighted by Gasteiger charge is 2.23. The van der Waals surface area contributed by atoms with E-state index in [0.29, 0.717) is 12.5 Å². The number of rotatable bonds is 8. The second kappa shape index (κ2) is 9.71. The maximum atomic E-state index is 11.5. The van der Waals surface area contributed by atoms with Gasteiger partial charge in [0.25, 0.3) is 0 Å². The minimum atomic E-state index is -0.0744. The predicted molar refractivity (Wildman–Crippen MR) is 94.8 cm³/mol. The van der Waals surface area contributed by atoms with E-state index in [0.717, 1.165) is 29.3 Å². The van der Waals surface area contributed by atoms with Gasteiger partial charge < -0.3 is 10.6 Å². The SMILES string of the molecule is CC(=O)NCCCCC(NC(C)=O)c1nnc(C2CCCCC2)s1. The fourth-order valence-electron chi connectivity index (χ4n) is 3.14. The van der Waals surface area contributed by atoms with Crippen LogP contribution in [0.3, 0.4) is 0 Å². The Bertz CT molecular complexity index is 540. The number of amides is 2. The summed E-state index contributed by atoms with van der Waals surface area (Å²) in [6.45, 7) is 3.73. The van der Waals surface area contributed by atoms with Gasteiger partial charge in [0.1, 0.15) is 10.0 Å². The summed E-state index contributed by atoms with van der Waals surface area (Å²) in [6, 6.07) is -0.0744. The molecule has 0 aliphatic heterocycles. The zero-order chi connectivity index (χ0) is 17.4. The van der Waals surface area contributed by atoms with Crippen LogP contribution < -0.4 is 10.6 Å². The van der Waals surface area contributed by atoms with Crippen LogP contribution in [0.15, 0.2) is 0 Å². The Morgan fingerprint density at radius 2 is 1.88 bits per heavy atom. The van der Waals surface area contributed by atoms with Crippen molar-refractivity contribution in [2.75, 3.05) is 6.54 Å². The Kier molecular flexibility index (Phi) is 7.62. The van der Waals surface area contributed by atoms with Crippen molar-refractivity contribution in [3.8, 4) is 0 Å². The number of nitrogens with zero attached hydrogens (tertiary/aromatic N) is 2. The summed E-state index contributed by atoms with van der Waals surface area (Å²) in [5.41, 5.74) is 0. The second-order valence-electron chi connectivity index (χ2n) is 6.55. The third-order valence-corrected chi connectivity index (χ3v) is 5.58. The molecule has 2 rings (SSSR count). The van der Waals surface area contributed by atoms with Crippen molar-refractivity contribution in [3.05, 3.63) is 10.0 Å². The number of carbonyl (C=O) groups is 2. The molecule has 1 aliphatic rings. The third-order valence-electron chi connectivity index (χ3n) is 4.38. The van der Waals surface area contributed by atoms with Crippen LogP contribution in [0.25, 0.3) is 0 Å². The molecule has 2 N–H and O–H groups in total. The first kappa shape index (κ1) is 18.8. The number of hydrogen-bond acceptors (Lipinski definition) is 5. The van der Waals surface area contributed by atoms with E-state index < -0.39 is 0 Å². The Morgan fingerprint density at radius 1 is 1.12 bits per heavy atom. The number of nitrogens with one attached hydrogen (secondary N) is 2. The van der Waals surface area contributed by atoms with Gasteiger partial charge in [0, 0.05) is 26.3 Å². The van der Waals surface area contributed by atoms with E-state index in [1.165, 1.54) is 46.0 Å². The van der Waals surface area contributed by atoms with Gasteiger partial charge in [-0.1, -0.05) is 30.6 Å². The molecular weight excluding hydrogens is 324 g/mol. The minimum Gasteiger partial charge on any atom is -0.356 e. The molecule has 0 aromatic carbocycles. The first-order valence-corrected chi connectivity index (χ1v) is 9.72. The highest BCUT2D eigenvalue weighted by Crippen LogP contribution is 2.35. The smallest absolute Gasteiger partial charge is 0.217 e. The molecule has 0 spiro atoms. The number of unbranched alkanes of at least 4 members (excludes halogenated alkanes) is 1. The molecule has 1 aromatic heterocycles. The van der Waals surface area contributed by atoms with Crippen LogP contribution in [0.5, 0.6) is 0 Å². The molecular formula is C17H28N4O2S. The summed E-state index contributed by atoms with van der Waals surface area (Å²) in [4.78, 5) is 22.4. The normalized spacial score (nSPS) is 16.6. The summed E-state index contributed by atoms with van der Waals surface area (Å²) in [5, 5.41) is 16.6. The van der Waals surface area contributed by atoms with Crippen molar-refractivity contribution >= 4 is 23.2 Å². The largest absolute Gasteiger partial charge is 0.356 e. The standard InChI is InChI=1S/C17H28N4O2S/c1-12(22)18-11-7-6-10-15(19-13(2)23)17-21-20-16(24-17)14-8-4-3-5-9-14/h14-15H,3-11H2,1-2H3,(H,18,22)(H,19,23). The molecule has 1 saturated carbocycles. The summed E-state index contributed by atoms with van der Waals surface area (Å²) < 4.78 is 0. The Balaban J connectivity index is 1.90. The van der Waals surface area contributed by atoms with Gasteiger partial charge in [-0.05, 0) is 32.1 Å². The highest BCUT2D eigenvalue weighted by molar-refractivity contribution is 7.11. The summed E-state index contributed by atoms with van der Waals surface area (Å²) in [6.07, 6.45) is 8.92. The maximum Gasteiger partial charge on any atom is 0.217 e. The Labute approximate surface area is 147 Å².